The van der Waals surface area contributed by atoms with Gasteiger partial charge in [0.2, 0.25) is 5.91 Å². The lowest BCUT2D eigenvalue weighted by atomic mass is 10.0. The maximum absolute atomic E-state index is 12.8. The highest BCUT2D eigenvalue weighted by molar-refractivity contribution is 5.79. The molecule has 1 aliphatic carbocycles. The maximum atomic E-state index is 12.8. The molecule has 4 nitrogen and oxygen atoms in total. The van der Waals surface area contributed by atoms with Crippen molar-refractivity contribution in [1.29, 1.82) is 0 Å². The van der Waals surface area contributed by atoms with Gasteiger partial charge in [0.05, 0.1) is 12.1 Å². The number of benzene rings is 1. The molecule has 1 aromatic carbocycles. The summed E-state index contributed by atoms with van der Waals surface area (Å²) in [6.45, 7) is 0.215. The van der Waals surface area contributed by atoms with E-state index in [9.17, 15) is 18.0 Å². The van der Waals surface area contributed by atoms with Crippen LogP contribution in [-0.4, -0.2) is 23.6 Å². The van der Waals surface area contributed by atoms with Crippen LogP contribution >= 0.6 is 0 Å². The van der Waals surface area contributed by atoms with Crippen molar-refractivity contribution >= 4 is 5.91 Å². The Labute approximate surface area is 126 Å². The van der Waals surface area contributed by atoms with Gasteiger partial charge in [0.25, 0.3) is 0 Å². The number of fused-ring (bicyclic) bond motifs is 1. The van der Waals surface area contributed by atoms with Gasteiger partial charge in [0.15, 0.2) is 6.73 Å². The molecule has 2 aliphatic rings. The highest BCUT2D eigenvalue weighted by Gasteiger charge is 2.35. The van der Waals surface area contributed by atoms with Crippen LogP contribution in [0.25, 0.3) is 0 Å². The molecule has 2 unspecified atom stereocenters. The van der Waals surface area contributed by atoms with E-state index >= 15 is 0 Å². The van der Waals surface area contributed by atoms with Gasteiger partial charge >= 0.3 is 6.18 Å². The van der Waals surface area contributed by atoms with E-state index in [0.717, 1.165) is 25.0 Å². The Morgan fingerprint density at radius 1 is 1.32 bits per heavy atom. The van der Waals surface area contributed by atoms with Gasteiger partial charge in [0.1, 0.15) is 5.75 Å². The zero-order valence-electron chi connectivity index (χ0n) is 11.9. The molecule has 1 aliphatic heterocycles. The SMILES string of the molecule is NC1CCC(C(=O)N2COc3ccc(C(F)(F)F)cc3C2)C1. The van der Waals surface area contributed by atoms with Gasteiger partial charge in [0, 0.05) is 17.5 Å². The smallest absolute Gasteiger partial charge is 0.416 e. The van der Waals surface area contributed by atoms with E-state index in [1.807, 2.05) is 0 Å². The topological polar surface area (TPSA) is 55.6 Å². The Morgan fingerprint density at radius 3 is 2.73 bits per heavy atom. The van der Waals surface area contributed by atoms with Crippen LogP contribution in [0.4, 0.5) is 13.2 Å². The van der Waals surface area contributed by atoms with Crippen LogP contribution in [0.15, 0.2) is 18.2 Å². The number of hydrogen-bond acceptors (Lipinski definition) is 3. The Kier molecular flexibility index (Phi) is 3.76. The molecule has 3 rings (SSSR count). The second-order valence-corrected chi connectivity index (χ2v) is 5.90. The first-order valence-electron chi connectivity index (χ1n) is 7.22. The van der Waals surface area contributed by atoms with Crippen molar-refractivity contribution in [2.75, 3.05) is 6.73 Å². The van der Waals surface area contributed by atoms with Gasteiger partial charge < -0.3 is 15.4 Å². The lowest BCUT2D eigenvalue weighted by Crippen LogP contribution is -2.40. The summed E-state index contributed by atoms with van der Waals surface area (Å²) in [6, 6.07) is 3.39. The van der Waals surface area contributed by atoms with Crippen molar-refractivity contribution in [3.63, 3.8) is 0 Å². The summed E-state index contributed by atoms with van der Waals surface area (Å²) in [4.78, 5) is 13.9. The van der Waals surface area contributed by atoms with Crippen LogP contribution < -0.4 is 10.5 Å². The molecule has 0 saturated heterocycles. The largest absolute Gasteiger partial charge is 0.473 e. The van der Waals surface area contributed by atoms with Gasteiger partial charge in [-0.05, 0) is 37.5 Å². The molecule has 7 heteroatoms. The third-order valence-corrected chi connectivity index (χ3v) is 4.26. The lowest BCUT2D eigenvalue weighted by molar-refractivity contribution is -0.140. The minimum Gasteiger partial charge on any atom is -0.473 e. The maximum Gasteiger partial charge on any atom is 0.416 e. The van der Waals surface area contributed by atoms with E-state index in [1.165, 1.54) is 11.0 Å². The summed E-state index contributed by atoms with van der Waals surface area (Å²) in [7, 11) is 0. The second-order valence-electron chi connectivity index (χ2n) is 5.90. The second kappa shape index (κ2) is 5.46. The Bertz CT molecular complexity index is 589. The molecule has 120 valence electrons. The van der Waals surface area contributed by atoms with Crippen LogP contribution in [0, 0.1) is 5.92 Å². The standard InChI is InChI=1S/C15H17F3N2O2/c16-15(17,18)11-2-4-13-10(5-11)7-20(8-22-13)14(21)9-1-3-12(19)6-9/h2,4-5,9,12H,1,3,6-8,19H2. The van der Waals surface area contributed by atoms with Crippen molar-refractivity contribution in [3.05, 3.63) is 29.3 Å². The van der Waals surface area contributed by atoms with Gasteiger partial charge in [-0.15, -0.1) is 0 Å². The van der Waals surface area contributed by atoms with E-state index in [0.29, 0.717) is 17.7 Å². The number of nitrogens with two attached hydrogens (primary N) is 1. The molecule has 1 aromatic rings. The number of hydrogen-bond donors (Lipinski definition) is 1. The molecule has 2 atom stereocenters. The Morgan fingerprint density at radius 2 is 2.09 bits per heavy atom. The van der Waals surface area contributed by atoms with Crippen molar-refractivity contribution in [2.24, 2.45) is 11.7 Å². The third kappa shape index (κ3) is 2.90. The monoisotopic (exact) mass is 314 g/mol. The molecular weight excluding hydrogens is 297 g/mol. The summed E-state index contributed by atoms with van der Waals surface area (Å²) < 4.78 is 43.7. The summed E-state index contributed by atoms with van der Waals surface area (Å²) in [5.74, 6) is 0.169. The fourth-order valence-corrected chi connectivity index (χ4v) is 3.06. The zero-order valence-corrected chi connectivity index (χ0v) is 11.9. The summed E-state index contributed by atoms with van der Waals surface area (Å²) in [5, 5.41) is 0. The number of alkyl halides is 3. The van der Waals surface area contributed by atoms with E-state index in [-0.39, 0.29) is 31.1 Å². The first kappa shape index (κ1) is 15.1. The van der Waals surface area contributed by atoms with Crippen molar-refractivity contribution in [3.8, 4) is 5.75 Å². The fraction of sp³-hybridized carbons (Fsp3) is 0.533. The quantitative estimate of drug-likeness (QED) is 0.866. The number of carbonyl (C=O) groups excluding carboxylic acids is 1. The summed E-state index contributed by atoms with van der Waals surface area (Å²) in [6.07, 6.45) is -2.24. The molecule has 0 bridgehead atoms. The van der Waals surface area contributed by atoms with E-state index in [2.05, 4.69) is 0 Å². The zero-order chi connectivity index (χ0) is 15.9. The fourth-order valence-electron chi connectivity index (χ4n) is 3.06. The van der Waals surface area contributed by atoms with Crippen LogP contribution in [-0.2, 0) is 17.5 Å². The number of ether oxygens (including phenoxy) is 1. The van der Waals surface area contributed by atoms with E-state index < -0.39 is 11.7 Å². The van der Waals surface area contributed by atoms with E-state index in [4.69, 9.17) is 10.5 Å². The number of halogens is 3. The van der Waals surface area contributed by atoms with Crippen molar-refractivity contribution in [1.82, 2.24) is 4.90 Å². The number of carbonyl (C=O) groups is 1. The average molecular weight is 314 g/mol. The first-order chi connectivity index (χ1) is 10.3. The van der Waals surface area contributed by atoms with Crippen molar-refractivity contribution < 1.29 is 22.7 Å². The van der Waals surface area contributed by atoms with Crippen molar-refractivity contribution in [2.45, 2.75) is 38.0 Å². The predicted molar refractivity (Wildman–Crippen MR) is 72.8 cm³/mol. The third-order valence-electron chi connectivity index (χ3n) is 4.26. The van der Waals surface area contributed by atoms with Gasteiger partial charge in [-0.1, -0.05) is 0 Å². The molecule has 0 radical (unpaired) electrons. The molecule has 1 fully saturated rings. The Balaban J connectivity index is 1.76. The lowest BCUT2D eigenvalue weighted by Gasteiger charge is -2.31. The molecule has 1 heterocycles. The van der Waals surface area contributed by atoms with Crippen LogP contribution in [0.1, 0.15) is 30.4 Å². The van der Waals surface area contributed by atoms with Crippen LogP contribution in [0.5, 0.6) is 5.75 Å². The average Bonchev–Trinajstić information content (AvgIpc) is 2.91. The summed E-state index contributed by atoms with van der Waals surface area (Å²) >= 11 is 0. The van der Waals surface area contributed by atoms with Crippen LogP contribution in [0.2, 0.25) is 0 Å². The molecule has 0 spiro atoms. The first-order valence-corrected chi connectivity index (χ1v) is 7.22. The number of rotatable bonds is 1. The highest BCUT2D eigenvalue weighted by atomic mass is 19.4. The molecule has 1 amide bonds. The predicted octanol–water partition coefficient (Wildman–Crippen LogP) is 2.51. The Hall–Kier alpha value is -1.76. The van der Waals surface area contributed by atoms with Gasteiger partial charge in [-0.25, -0.2) is 0 Å². The number of nitrogens with zero attached hydrogens (tertiary/aromatic N) is 1. The van der Waals surface area contributed by atoms with Gasteiger partial charge in [-0.3, -0.25) is 4.79 Å². The molecule has 2 N–H and O–H groups in total. The molecule has 1 saturated carbocycles. The highest BCUT2D eigenvalue weighted by Crippen LogP contribution is 2.35. The van der Waals surface area contributed by atoms with E-state index in [1.54, 1.807) is 0 Å². The minimum absolute atomic E-state index is 0.0313. The number of amides is 1. The van der Waals surface area contributed by atoms with Crippen LogP contribution in [0.3, 0.4) is 0 Å². The molecular formula is C15H17F3N2O2. The summed E-state index contributed by atoms with van der Waals surface area (Å²) in [5.41, 5.74) is 5.47. The normalized spacial score (nSPS) is 24.8. The van der Waals surface area contributed by atoms with Gasteiger partial charge in [-0.2, -0.15) is 13.2 Å². The molecule has 0 aromatic heterocycles. The minimum atomic E-state index is -4.40. The molecule has 22 heavy (non-hydrogen) atoms.